The number of hydrogen-bond acceptors (Lipinski definition) is 6. The van der Waals surface area contributed by atoms with Gasteiger partial charge >= 0.3 is 6.01 Å². The number of fused-ring (bicyclic) bond motifs is 2. The summed E-state index contributed by atoms with van der Waals surface area (Å²) in [5.74, 6) is 1.50. The van der Waals surface area contributed by atoms with Gasteiger partial charge in [0.05, 0.1) is 5.52 Å². The summed E-state index contributed by atoms with van der Waals surface area (Å²) < 4.78 is 5.14. The average molecular weight is 357 g/mol. The Morgan fingerprint density at radius 3 is 2.81 bits per heavy atom. The molecule has 0 radical (unpaired) electrons. The van der Waals surface area contributed by atoms with Crippen LogP contribution in [0.4, 0.5) is 17.5 Å². The molecule has 0 unspecified atom stereocenters. The molecular formula is C21H19N5O. The number of nitrogens with two attached hydrogens (primary N) is 1. The van der Waals surface area contributed by atoms with Crippen LogP contribution in [0.3, 0.4) is 0 Å². The fourth-order valence-electron chi connectivity index (χ4n) is 3.92. The Kier molecular flexibility index (Phi) is 3.57. The Hall–Kier alpha value is -3.41. The summed E-state index contributed by atoms with van der Waals surface area (Å²) in [5, 5.41) is 7.97. The zero-order valence-corrected chi connectivity index (χ0v) is 14.9. The second-order valence-electron chi connectivity index (χ2n) is 6.93. The molecule has 4 aromatic rings. The van der Waals surface area contributed by atoms with Gasteiger partial charge in [-0.3, -0.25) is 0 Å². The maximum atomic E-state index is 6.33. The molecule has 1 aliphatic rings. The van der Waals surface area contributed by atoms with E-state index in [1.54, 1.807) is 6.92 Å². The zero-order chi connectivity index (χ0) is 18.4. The molecule has 1 atom stereocenters. The first-order valence-corrected chi connectivity index (χ1v) is 9.03. The van der Waals surface area contributed by atoms with Crippen LogP contribution in [0, 0.1) is 6.92 Å². The van der Waals surface area contributed by atoms with Crippen LogP contribution in [0.25, 0.3) is 10.9 Å². The van der Waals surface area contributed by atoms with Gasteiger partial charge in [-0.15, -0.1) is 0 Å². The SMILES string of the molecule is Cc1noc(Nc2ccc3nc(N)c([C@@H]4CCc5ccccc54)cc3c2)n1. The summed E-state index contributed by atoms with van der Waals surface area (Å²) in [7, 11) is 0. The van der Waals surface area contributed by atoms with Gasteiger partial charge in [-0.1, -0.05) is 29.4 Å². The van der Waals surface area contributed by atoms with Gasteiger partial charge in [0.1, 0.15) is 5.82 Å². The number of rotatable bonds is 3. The minimum Gasteiger partial charge on any atom is -0.383 e. The van der Waals surface area contributed by atoms with E-state index in [4.69, 9.17) is 10.3 Å². The third-order valence-corrected chi connectivity index (χ3v) is 5.16. The summed E-state index contributed by atoms with van der Waals surface area (Å²) in [6.45, 7) is 1.79. The number of nitrogen functional groups attached to an aromatic ring is 1. The smallest absolute Gasteiger partial charge is 0.325 e. The second-order valence-corrected chi connectivity index (χ2v) is 6.93. The van der Waals surface area contributed by atoms with Crippen molar-refractivity contribution in [3.63, 3.8) is 0 Å². The number of pyridine rings is 1. The Morgan fingerprint density at radius 1 is 1.07 bits per heavy atom. The van der Waals surface area contributed by atoms with E-state index in [1.165, 1.54) is 11.1 Å². The number of aryl methyl sites for hydroxylation is 2. The first-order chi connectivity index (χ1) is 13.2. The Bertz CT molecular complexity index is 1150. The molecular weight excluding hydrogens is 338 g/mol. The van der Waals surface area contributed by atoms with E-state index < -0.39 is 0 Å². The number of nitrogens with one attached hydrogen (secondary N) is 1. The summed E-state index contributed by atoms with van der Waals surface area (Å²) in [5.41, 5.74) is 11.9. The fraction of sp³-hybridized carbons (Fsp3) is 0.190. The predicted molar refractivity (Wildman–Crippen MR) is 105 cm³/mol. The van der Waals surface area contributed by atoms with Gasteiger partial charge in [-0.2, -0.15) is 4.98 Å². The fourth-order valence-corrected chi connectivity index (χ4v) is 3.92. The monoisotopic (exact) mass is 357 g/mol. The number of hydrogen-bond donors (Lipinski definition) is 2. The van der Waals surface area contributed by atoms with Gasteiger partial charge < -0.3 is 15.6 Å². The highest BCUT2D eigenvalue weighted by Crippen LogP contribution is 2.40. The lowest BCUT2D eigenvalue weighted by atomic mass is 9.92. The van der Waals surface area contributed by atoms with Gasteiger partial charge in [-0.25, -0.2) is 4.98 Å². The lowest BCUT2D eigenvalue weighted by Crippen LogP contribution is -2.04. The first kappa shape index (κ1) is 15.8. The van der Waals surface area contributed by atoms with Gasteiger partial charge in [0, 0.05) is 22.6 Å². The molecule has 2 aromatic heterocycles. The van der Waals surface area contributed by atoms with Crippen molar-refractivity contribution < 1.29 is 4.52 Å². The van der Waals surface area contributed by atoms with Crippen LogP contribution in [0.1, 0.15) is 34.9 Å². The maximum Gasteiger partial charge on any atom is 0.325 e. The van der Waals surface area contributed by atoms with Crippen LogP contribution >= 0.6 is 0 Å². The Balaban J connectivity index is 1.55. The highest BCUT2D eigenvalue weighted by Gasteiger charge is 2.25. The maximum absolute atomic E-state index is 6.33. The molecule has 0 spiro atoms. The van der Waals surface area contributed by atoms with Crippen molar-refractivity contribution in [2.24, 2.45) is 0 Å². The van der Waals surface area contributed by atoms with Gasteiger partial charge in [-0.05, 0) is 55.2 Å². The van der Waals surface area contributed by atoms with E-state index in [2.05, 4.69) is 50.8 Å². The first-order valence-electron chi connectivity index (χ1n) is 9.03. The van der Waals surface area contributed by atoms with E-state index in [-0.39, 0.29) is 0 Å². The molecule has 1 aliphatic carbocycles. The summed E-state index contributed by atoms with van der Waals surface area (Å²) in [6, 6.07) is 17.0. The summed E-state index contributed by atoms with van der Waals surface area (Å²) in [6.07, 6.45) is 2.15. The molecule has 0 amide bonds. The molecule has 0 fully saturated rings. The van der Waals surface area contributed by atoms with Crippen LogP contribution in [0.2, 0.25) is 0 Å². The quantitative estimate of drug-likeness (QED) is 0.567. The largest absolute Gasteiger partial charge is 0.383 e. The molecule has 27 heavy (non-hydrogen) atoms. The molecule has 0 saturated heterocycles. The molecule has 5 rings (SSSR count). The van der Waals surface area contributed by atoms with Crippen molar-refractivity contribution in [3.05, 3.63) is 71.0 Å². The summed E-state index contributed by atoms with van der Waals surface area (Å²) in [4.78, 5) is 8.83. The molecule has 6 nitrogen and oxygen atoms in total. The summed E-state index contributed by atoms with van der Waals surface area (Å²) >= 11 is 0. The third kappa shape index (κ3) is 2.79. The standard InChI is InChI=1S/C21H19N5O/c1-12-23-21(27-26-12)24-15-7-9-19-14(10-15)11-18(20(22)25-19)17-8-6-13-4-2-3-5-16(13)17/h2-5,7,9-11,17H,6,8H2,1H3,(H2,22,25)(H,23,24,26)/t17-/m1/s1. The second kappa shape index (κ2) is 6.09. The topological polar surface area (TPSA) is 89.9 Å². The van der Waals surface area contributed by atoms with Crippen molar-refractivity contribution in [2.75, 3.05) is 11.1 Å². The van der Waals surface area contributed by atoms with Crippen LogP contribution in [-0.4, -0.2) is 15.1 Å². The van der Waals surface area contributed by atoms with Gasteiger partial charge in [0.25, 0.3) is 0 Å². The van der Waals surface area contributed by atoms with Crippen molar-refractivity contribution in [1.29, 1.82) is 0 Å². The highest BCUT2D eigenvalue weighted by molar-refractivity contribution is 5.85. The molecule has 0 saturated carbocycles. The van der Waals surface area contributed by atoms with Gasteiger partial charge in [0.2, 0.25) is 0 Å². The van der Waals surface area contributed by atoms with E-state index in [9.17, 15) is 0 Å². The highest BCUT2D eigenvalue weighted by atomic mass is 16.5. The normalized spacial score (nSPS) is 15.8. The zero-order valence-electron chi connectivity index (χ0n) is 14.9. The molecule has 2 heterocycles. The lowest BCUT2D eigenvalue weighted by molar-refractivity contribution is 0.428. The predicted octanol–water partition coefficient (Wildman–Crippen LogP) is 4.33. The molecule has 6 heteroatoms. The molecule has 3 N–H and O–H groups in total. The van der Waals surface area contributed by atoms with Crippen molar-refractivity contribution in [2.45, 2.75) is 25.7 Å². The number of nitrogens with zero attached hydrogens (tertiary/aromatic N) is 3. The van der Waals surface area contributed by atoms with Crippen LogP contribution in [0.15, 0.2) is 53.1 Å². The van der Waals surface area contributed by atoms with E-state index in [1.807, 2.05) is 18.2 Å². The number of aromatic nitrogens is 3. The minimum atomic E-state index is 0.299. The molecule has 134 valence electrons. The number of benzene rings is 2. The van der Waals surface area contributed by atoms with Crippen molar-refractivity contribution in [1.82, 2.24) is 15.1 Å². The Labute approximate surface area is 156 Å². The molecule has 0 bridgehead atoms. The molecule has 0 aliphatic heterocycles. The Morgan fingerprint density at radius 2 is 1.96 bits per heavy atom. The minimum absolute atomic E-state index is 0.299. The lowest BCUT2D eigenvalue weighted by Gasteiger charge is -2.15. The van der Waals surface area contributed by atoms with Crippen molar-refractivity contribution in [3.8, 4) is 0 Å². The third-order valence-electron chi connectivity index (χ3n) is 5.16. The van der Waals surface area contributed by atoms with E-state index in [0.717, 1.165) is 35.0 Å². The average Bonchev–Trinajstić information content (AvgIpc) is 3.27. The van der Waals surface area contributed by atoms with E-state index in [0.29, 0.717) is 23.6 Å². The number of anilines is 3. The van der Waals surface area contributed by atoms with Crippen molar-refractivity contribution >= 4 is 28.4 Å². The van der Waals surface area contributed by atoms with Crippen LogP contribution < -0.4 is 11.1 Å². The van der Waals surface area contributed by atoms with Crippen LogP contribution in [0.5, 0.6) is 0 Å². The van der Waals surface area contributed by atoms with Gasteiger partial charge in [0.15, 0.2) is 5.82 Å². The van der Waals surface area contributed by atoms with Crippen LogP contribution in [-0.2, 0) is 6.42 Å². The molecule has 2 aromatic carbocycles. The van der Waals surface area contributed by atoms with E-state index >= 15 is 0 Å².